The van der Waals surface area contributed by atoms with Crippen LogP contribution in [0.5, 0.6) is 0 Å². The highest BCUT2D eigenvalue weighted by Gasteiger charge is 2.43. The SMILES string of the molecule is O=C(O)C(F)(F)F.O=C(O)C(F)(F)F.c1cncc(CN2CCCC23CCN(Cc2ccco2)CC3)c1. The Morgan fingerprint density at radius 2 is 1.51 bits per heavy atom. The smallest absolute Gasteiger partial charge is 0.475 e. The number of aromatic nitrogens is 1. The summed E-state index contributed by atoms with van der Waals surface area (Å²) in [6.45, 7) is 5.57. The fraction of sp³-hybridized carbons (Fsp3) is 0.522. The molecule has 8 nitrogen and oxygen atoms in total. The molecule has 0 radical (unpaired) electrons. The van der Waals surface area contributed by atoms with E-state index in [1.165, 1.54) is 50.9 Å². The van der Waals surface area contributed by atoms with Crippen LogP contribution in [0.25, 0.3) is 0 Å². The number of carboxylic acids is 2. The van der Waals surface area contributed by atoms with E-state index in [2.05, 4.69) is 26.9 Å². The molecule has 14 heteroatoms. The minimum absolute atomic E-state index is 0.412. The molecule has 2 N–H and O–H groups in total. The Bertz CT molecular complexity index is 951. The van der Waals surface area contributed by atoms with Crippen LogP contribution in [-0.2, 0) is 22.7 Å². The molecule has 0 bridgehead atoms. The minimum atomic E-state index is -5.08. The van der Waals surface area contributed by atoms with Crippen molar-refractivity contribution in [2.24, 2.45) is 0 Å². The van der Waals surface area contributed by atoms with Crippen molar-refractivity contribution in [2.75, 3.05) is 19.6 Å². The Morgan fingerprint density at radius 1 is 0.919 bits per heavy atom. The van der Waals surface area contributed by atoms with Crippen LogP contribution in [0, 0.1) is 0 Å². The van der Waals surface area contributed by atoms with Gasteiger partial charge in [0.15, 0.2) is 0 Å². The Labute approximate surface area is 208 Å². The van der Waals surface area contributed by atoms with Crippen molar-refractivity contribution in [3.63, 3.8) is 0 Å². The molecular formula is C23H27F6N3O5. The van der Waals surface area contributed by atoms with Crippen LogP contribution in [0.4, 0.5) is 26.3 Å². The van der Waals surface area contributed by atoms with E-state index in [1.54, 1.807) is 6.26 Å². The number of likely N-dealkylation sites (tertiary alicyclic amines) is 2. The zero-order valence-corrected chi connectivity index (χ0v) is 19.6. The first-order valence-electron chi connectivity index (χ1n) is 11.2. The third-order valence-corrected chi connectivity index (χ3v) is 6.07. The maximum Gasteiger partial charge on any atom is 0.490 e. The molecule has 0 unspecified atom stereocenters. The highest BCUT2D eigenvalue weighted by atomic mass is 19.4. The highest BCUT2D eigenvalue weighted by Crippen LogP contribution is 2.39. The number of furan rings is 1. The molecule has 2 saturated heterocycles. The largest absolute Gasteiger partial charge is 0.490 e. The van der Waals surface area contributed by atoms with Crippen molar-refractivity contribution in [1.29, 1.82) is 0 Å². The molecule has 0 amide bonds. The summed E-state index contributed by atoms with van der Waals surface area (Å²) < 4.78 is 69.0. The maximum atomic E-state index is 10.6. The molecule has 2 fully saturated rings. The molecule has 1 spiro atoms. The van der Waals surface area contributed by atoms with E-state index in [4.69, 9.17) is 24.2 Å². The van der Waals surface area contributed by atoms with Crippen LogP contribution < -0.4 is 0 Å². The number of carboxylic acid groups (broad SMARTS) is 2. The highest BCUT2D eigenvalue weighted by molar-refractivity contribution is 5.73. The number of hydrogen-bond donors (Lipinski definition) is 2. The quantitative estimate of drug-likeness (QED) is 0.545. The van der Waals surface area contributed by atoms with Gasteiger partial charge in [0.2, 0.25) is 0 Å². The Balaban J connectivity index is 0.000000286. The Kier molecular flexibility index (Phi) is 10.5. The molecule has 0 saturated carbocycles. The zero-order chi connectivity index (χ0) is 27.7. The monoisotopic (exact) mass is 539 g/mol. The number of aliphatic carboxylic acids is 2. The number of alkyl halides is 6. The van der Waals surface area contributed by atoms with Crippen molar-refractivity contribution < 1.29 is 50.6 Å². The summed E-state index contributed by atoms with van der Waals surface area (Å²) in [5.41, 5.74) is 1.75. The summed E-state index contributed by atoms with van der Waals surface area (Å²) in [6, 6.07) is 8.30. The van der Waals surface area contributed by atoms with Gasteiger partial charge in [-0.1, -0.05) is 6.07 Å². The molecular weight excluding hydrogens is 512 g/mol. The van der Waals surface area contributed by atoms with Gasteiger partial charge in [0.25, 0.3) is 0 Å². The summed E-state index contributed by atoms with van der Waals surface area (Å²) in [6.07, 6.45) is 0.698. The van der Waals surface area contributed by atoms with Crippen LogP contribution >= 0.6 is 0 Å². The Hall–Kier alpha value is -3.13. The first kappa shape index (κ1) is 30.1. The van der Waals surface area contributed by atoms with E-state index in [0.717, 1.165) is 18.8 Å². The lowest BCUT2D eigenvalue weighted by Crippen LogP contribution is -2.51. The average Bonchev–Trinajstić information content (AvgIpc) is 3.46. The topological polar surface area (TPSA) is 107 Å². The van der Waals surface area contributed by atoms with Gasteiger partial charge in [0.1, 0.15) is 5.76 Å². The van der Waals surface area contributed by atoms with Crippen molar-refractivity contribution in [3.8, 4) is 0 Å². The third kappa shape index (κ3) is 9.69. The van der Waals surface area contributed by atoms with E-state index in [9.17, 15) is 26.3 Å². The number of hydrogen-bond acceptors (Lipinski definition) is 6. The number of pyridine rings is 1. The van der Waals surface area contributed by atoms with E-state index >= 15 is 0 Å². The molecule has 2 aliphatic rings. The van der Waals surface area contributed by atoms with Gasteiger partial charge in [-0.15, -0.1) is 0 Å². The van der Waals surface area contributed by atoms with Gasteiger partial charge >= 0.3 is 24.3 Å². The number of carbonyl (C=O) groups is 2. The number of rotatable bonds is 4. The summed E-state index contributed by atoms with van der Waals surface area (Å²) in [7, 11) is 0. The maximum absolute atomic E-state index is 10.6. The lowest BCUT2D eigenvalue weighted by molar-refractivity contribution is -0.193. The summed E-state index contributed by atoms with van der Waals surface area (Å²) in [5.74, 6) is -4.43. The van der Waals surface area contributed by atoms with Gasteiger partial charge < -0.3 is 14.6 Å². The first-order chi connectivity index (χ1) is 17.2. The van der Waals surface area contributed by atoms with Gasteiger partial charge in [0, 0.05) is 37.6 Å². The molecule has 2 aliphatic heterocycles. The summed E-state index contributed by atoms with van der Waals surface area (Å²) in [5, 5.41) is 14.2. The molecule has 37 heavy (non-hydrogen) atoms. The molecule has 4 heterocycles. The molecule has 4 rings (SSSR count). The van der Waals surface area contributed by atoms with Gasteiger partial charge in [-0.05, 0) is 56.0 Å². The van der Waals surface area contributed by atoms with Crippen molar-refractivity contribution in [1.82, 2.24) is 14.8 Å². The first-order valence-corrected chi connectivity index (χ1v) is 11.2. The molecule has 0 atom stereocenters. The second kappa shape index (κ2) is 12.9. The van der Waals surface area contributed by atoms with Crippen molar-refractivity contribution in [2.45, 2.75) is 56.7 Å². The predicted octanol–water partition coefficient (Wildman–Crippen LogP) is 4.57. The van der Waals surface area contributed by atoms with Gasteiger partial charge in [-0.3, -0.25) is 14.8 Å². The van der Waals surface area contributed by atoms with Crippen LogP contribution in [-0.4, -0.2) is 74.5 Å². The second-order valence-electron chi connectivity index (χ2n) is 8.57. The third-order valence-electron chi connectivity index (χ3n) is 6.07. The van der Waals surface area contributed by atoms with Crippen LogP contribution in [0.15, 0.2) is 47.3 Å². The van der Waals surface area contributed by atoms with E-state index in [1.807, 2.05) is 24.5 Å². The second-order valence-corrected chi connectivity index (χ2v) is 8.57. The molecule has 2 aromatic heterocycles. The number of piperidine rings is 1. The molecule has 2 aromatic rings. The predicted molar refractivity (Wildman–Crippen MR) is 117 cm³/mol. The summed E-state index contributed by atoms with van der Waals surface area (Å²) in [4.78, 5) is 27.3. The van der Waals surface area contributed by atoms with Crippen LogP contribution in [0.3, 0.4) is 0 Å². The normalized spacial score (nSPS) is 17.9. The average molecular weight is 539 g/mol. The van der Waals surface area contributed by atoms with Gasteiger partial charge in [-0.25, -0.2) is 9.59 Å². The lowest BCUT2D eigenvalue weighted by atomic mass is 9.84. The lowest BCUT2D eigenvalue weighted by Gasteiger charge is -2.45. The van der Waals surface area contributed by atoms with Gasteiger partial charge in [0.05, 0.1) is 12.8 Å². The summed E-state index contributed by atoms with van der Waals surface area (Å²) >= 11 is 0. The van der Waals surface area contributed by atoms with Crippen LogP contribution in [0.1, 0.15) is 37.0 Å². The van der Waals surface area contributed by atoms with E-state index in [0.29, 0.717) is 5.54 Å². The fourth-order valence-corrected chi connectivity index (χ4v) is 4.27. The standard InChI is InChI=1S/C19H25N3O.2C2HF3O2/c1-4-17(14-20-9-1)15-22-10-3-6-19(22)7-11-21(12-8-19)16-18-5-2-13-23-18;2*3-2(4,5)1(6)7/h1-2,4-5,9,13-14H,3,6-8,10-12,15-16H2;2*(H,6,7). The van der Waals surface area contributed by atoms with E-state index in [-0.39, 0.29) is 0 Å². The van der Waals surface area contributed by atoms with Crippen molar-refractivity contribution in [3.05, 3.63) is 54.2 Å². The molecule has 0 aromatic carbocycles. The number of halogens is 6. The van der Waals surface area contributed by atoms with Crippen molar-refractivity contribution >= 4 is 11.9 Å². The zero-order valence-electron chi connectivity index (χ0n) is 19.6. The number of nitrogens with zero attached hydrogens (tertiary/aromatic N) is 3. The van der Waals surface area contributed by atoms with Crippen LogP contribution in [0.2, 0.25) is 0 Å². The molecule has 206 valence electrons. The molecule has 0 aliphatic carbocycles. The fourth-order valence-electron chi connectivity index (χ4n) is 4.27. The minimum Gasteiger partial charge on any atom is -0.475 e. The van der Waals surface area contributed by atoms with Gasteiger partial charge in [-0.2, -0.15) is 26.3 Å². The van der Waals surface area contributed by atoms with E-state index < -0.39 is 24.3 Å². The Morgan fingerprint density at radius 3 is 1.97 bits per heavy atom.